The van der Waals surface area contributed by atoms with Gasteiger partial charge in [-0.1, -0.05) is 56.5 Å². The van der Waals surface area contributed by atoms with E-state index >= 15 is 0 Å². The molecule has 1 aromatic carbocycles. The number of carbonyl (C=O) groups excluding carboxylic acids is 2. The third-order valence-electron chi connectivity index (χ3n) is 4.80. The topological polar surface area (TPSA) is 43.4 Å². The van der Waals surface area contributed by atoms with Crippen LogP contribution in [0.4, 0.5) is 0 Å². The van der Waals surface area contributed by atoms with Crippen molar-refractivity contribution < 1.29 is 14.3 Å². The van der Waals surface area contributed by atoms with Gasteiger partial charge < -0.3 is 4.74 Å². The van der Waals surface area contributed by atoms with Crippen LogP contribution in [0.15, 0.2) is 30.3 Å². The summed E-state index contributed by atoms with van der Waals surface area (Å²) in [6.07, 6.45) is 3.91. The van der Waals surface area contributed by atoms with Crippen LogP contribution in [0.1, 0.15) is 50.7 Å². The summed E-state index contributed by atoms with van der Waals surface area (Å²) in [4.78, 5) is 25.3. The maximum absolute atomic E-state index is 12.8. The van der Waals surface area contributed by atoms with E-state index in [0.717, 1.165) is 24.8 Å². The lowest BCUT2D eigenvalue weighted by Gasteiger charge is -2.42. The smallest absolute Gasteiger partial charge is 0.320 e. The highest BCUT2D eigenvalue weighted by Gasteiger charge is 2.55. The third-order valence-corrected chi connectivity index (χ3v) is 4.80. The second kappa shape index (κ2) is 5.04. The van der Waals surface area contributed by atoms with Crippen molar-refractivity contribution in [3.8, 4) is 0 Å². The first-order valence-corrected chi connectivity index (χ1v) is 7.45. The molecular formula is C17H20O3. The first kappa shape index (κ1) is 13.3. The molecule has 0 aromatic heterocycles. The zero-order valence-corrected chi connectivity index (χ0v) is 11.8. The molecule has 0 unspecified atom stereocenters. The average molecular weight is 272 g/mol. The zero-order valence-electron chi connectivity index (χ0n) is 11.8. The number of hydrogen-bond acceptors (Lipinski definition) is 3. The Balaban J connectivity index is 1.91. The second-order valence-electron chi connectivity index (χ2n) is 6.03. The molecule has 2 atom stereocenters. The Kier molecular flexibility index (Phi) is 3.36. The van der Waals surface area contributed by atoms with Crippen LogP contribution in [0.5, 0.6) is 0 Å². The highest BCUT2D eigenvalue weighted by molar-refractivity contribution is 6.06. The fourth-order valence-corrected chi connectivity index (χ4v) is 3.61. The van der Waals surface area contributed by atoms with Gasteiger partial charge in [0.25, 0.3) is 0 Å². The summed E-state index contributed by atoms with van der Waals surface area (Å²) in [7, 11) is 0. The van der Waals surface area contributed by atoms with E-state index in [0.29, 0.717) is 12.8 Å². The van der Waals surface area contributed by atoms with Crippen molar-refractivity contribution in [3.05, 3.63) is 35.9 Å². The van der Waals surface area contributed by atoms with E-state index in [1.165, 1.54) is 0 Å². The first-order valence-electron chi connectivity index (χ1n) is 7.45. The summed E-state index contributed by atoms with van der Waals surface area (Å²) in [6, 6.07) is 9.57. The minimum Gasteiger partial charge on any atom is -0.456 e. The molecule has 1 aliphatic carbocycles. The predicted octanol–water partition coefficient (Wildman–Crippen LogP) is 3.44. The van der Waals surface area contributed by atoms with Gasteiger partial charge in [0.1, 0.15) is 11.5 Å². The van der Waals surface area contributed by atoms with Crippen molar-refractivity contribution in [2.75, 3.05) is 0 Å². The molecule has 0 N–H and O–H groups in total. The van der Waals surface area contributed by atoms with Crippen molar-refractivity contribution in [2.45, 2.75) is 45.1 Å². The number of esters is 1. The molecule has 2 fully saturated rings. The fourth-order valence-electron chi connectivity index (χ4n) is 3.61. The second-order valence-corrected chi connectivity index (χ2v) is 6.03. The molecular weight excluding hydrogens is 252 g/mol. The van der Waals surface area contributed by atoms with Gasteiger partial charge in [-0.15, -0.1) is 0 Å². The highest BCUT2D eigenvalue weighted by Crippen LogP contribution is 2.47. The van der Waals surface area contributed by atoms with Crippen molar-refractivity contribution >= 4 is 11.8 Å². The maximum atomic E-state index is 12.8. The zero-order chi connectivity index (χ0) is 14.2. The van der Waals surface area contributed by atoms with Gasteiger partial charge in [0.15, 0.2) is 5.78 Å². The summed E-state index contributed by atoms with van der Waals surface area (Å²) in [5, 5.41) is 0. The minimum absolute atomic E-state index is 0.0855. The van der Waals surface area contributed by atoms with Gasteiger partial charge in [-0.25, -0.2) is 0 Å². The van der Waals surface area contributed by atoms with Crippen LogP contribution >= 0.6 is 0 Å². The lowest BCUT2D eigenvalue weighted by atomic mass is 9.65. The number of carbonyl (C=O) groups is 2. The van der Waals surface area contributed by atoms with Gasteiger partial charge in [0.05, 0.1) is 5.92 Å². The molecule has 3 rings (SSSR count). The standard InChI is InChI=1S/C17H20O3/c1-12-14(13-8-4-2-5-9-13)20-16(19)17(15(12)18)10-6-3-7-11-17/h2,4-5,8-9,12,14H,3,6-7,10-11H2,1H3/t12-,14-/m1/s1. The van der Waals surface area contributed by atoms with E-state index in [9.17, 15) is 9.59 Å². The van der Waals surface area contributed by atoms with Crippen LogP contribution in [-0.2, 0) is 14.3 Å². The number of rotatable bonds is 1. The van der Waals surface area contributed by atoms with E-state index in [1.807, 2.05) is 37.3 Å². The minimum atomic E-state index is -0.844. The molecule has 3 heteroatoms. The number of ketones is 1. The number of benzene rings is 1. The van der Waals surface area contributed by atoms with Crippen molar-refractivity contribution in [1.82, 2.24) is 0 Å². The van der Waals surface area contributed by atoms with Gasteiger partial charge in [-0.3, -0.25) is 9.59 Å². The van der Waals surface area contributed by atoms with E-state index in [2.05, 4.69) is 0 Å². The van der Waals surface area contributed by atoms with Crippen LogP contribution in [0.2, 0.25) is 0 Å². The van der Waals surface area contributed by atoms with Crippen molar-refractivity contribution in [3.63, 3.8) is 0 Å². The van der Waals surface area contributed by atoms with Crippen LogP contribution in [0, 0.1) is 11.3 Å². The predicted molar refractivity (Wildman–Crippen MR) is 75.0 cm³/mol. The largest absolute Gasteiger partial charge is 0.456 e. The number of Topliss-reactive ketones (excluding diaryl/α,β-unsaturated/α-hetero) is 1. The summed E-state index contributed by atoms with van der Waals surface area (Å²) in [6.45, 7) is 1.89. The molecule has 0 radical (unpaired) electrons. The SMILES string of the molecule is C[C@H]1C(=O)C2(CCCCC2)C(=O)O[C@H]1c1ccccc1. The van der Waals surface area contributed by atoms with E-state index in [-0.39, 0.29) is 17.7 Å². The van der Waals surface area contributed by atoms with Gasteiger partial charge in [-0.05, 0) is 18.4 Å². The molecule has 1 aromatic rings. The van der Waals surface area contributed by atoms with Gasteiger partial charge in [0, 0.05) is 0 Å². The molecule has 3 nitrogen and oxygen atoms in total. The third kappa shape index (κ3) is 1.96. The Bertz CT molecular complexity index is 514. The molecule has 0 amide bonds. The van der Waals surface area contributed by atoms with Crippen LogP contribution in [0.3, 0.4) is 0 Å². The molecule has 0 bridgehead atoms. The first-order chi connectivity index (χ1) is 9.65. The summed E-state index contributed by atoms with van der Waals surface area (Å²) in [5.74, 6) is -0.468. The number of cyclic esters (lactones) is 1. The molecule has 1 spiro atoms. The Morgan fingerprint density at radius 3 is 2.35 bits per heavy atom. The maximum Gasteiger partial charge on any atom is 0.320 e. The van der Waals surface area contributed by atoms with Crippen molar-refractivity contribution in [2.24, 2.45) is 11.3 Å². The summed E-state index contributed by atoms with van der Waals surface area (Å²) < 4.78 is 5.69. The van der Waals surface area contributed by atoms with Crippen LogP contribution in [-0.4, -0.2) is 11.8 Å². The monoisotopic (exact) mass is 272 g/mol. The Labute approximate surface area is 119 Å². The Hall–Kier alpha value is -1.64. The Morgan fingerprint density at radius 2 is 1.70 bits per heavy atom. The number of ether oxygens (including phenoxy) is 1. The van der Waals surface area contributed by atoms with Gasteiger partial charge in [-0.2, -0.15) is 0 Å². The van der Waals surface area contributed by atoms with Crippen molar-refractivity contribution in [1.29, 1.82) is 0 Å². The molecule has 1 aliphatic heterocycles. The van der Waals surface area contributed by atoms with E-state index in [1.54, 1.807) is 0 Å². The summed E-state index contributed by atoms with van der Waals surface area (Å²) >= 11 is 0. The number of hydrogen-bond donors (Lipinski definition) is 0. The average Bonchev–Trinajstić information content (AvgIpc) is 2.51. The van der Waals surface area contributed by atoms with Crippen LogP contribution in [0.25, 0.3) is 0 Å². The molecule has 1 saturated heterocycles. The van der Waals surface area contributed by atoms with Gasteiger partial charge in [0.2, 0.25) is 0 Å². The van der Waals surface area contributed by atoms with E-state index < -0.39 is 11.5 Å². The quantitative estimate of drug-likeness (QED) is 0.581. The molecule has 1 heterocycles. The lowest BCUT2D eigenvalue weighted by molar-refractivity contribution is -0.183. The summed E-state index contributed by atoms with van der Waals surface area (Å²) in [5.41, 5.74) is 0.0653. The van der Waals surface area contributed by atoms with E-state index in [4.69, 9.17) is 4.74 Å². The fraction of sp³-hybridized carbons (Fsp3) is 0.529. The molecule has 20 heavy (non-hydrogen) atoms. The lowest BCUT2D eigenvalue weighted by Crippen LogP contribution is -2.51. The Morgan fingerprint density at radius 1 is 1.05 bits per heavy atom. The molecule has 106 valence electrons. The molecule has 2 aliphatic rings. The molecule has 1 saturated carbocycles. The van der Waals surface area contributed by atoms with Gasteiger partial charge >= 0.3 is 5.97 Å². The highest BCUT2D eigenvalue weighted by atomic mass is 16.5. The van der Waals surface area contributed by atoms with Crippen LogP contribution < -0.4 is 0 Å². The normalized spacial score (nSPS) is 29.2.